The molecule has 3 unspecified atom stereocenters. The minimum absolute atomic E-state index is 0.537. The second-order valence-corrected chi connectivity index (χ2v) is 4.73. The third-order valence-electron chi connectivity index (χ3n) is 3.84. The van der Waals surface area contributed by atoms with E-state index in [1.165, 1.54) is 32.1 Å². The van der Waals surface area contributed by atoms with E-state index in [-0.39, 0.29) is 0 Å². The van der Waals surface area contributed by atoms with Crippen LogP contribution in [0.2, 0.25) is 0 Å². The summed E-state index contributed by atoms with van der Waals surface area (Å²) in [5.41, 5.74) is 6.34. The number of ether oxygens (including phenoxy) is 1. The standard InChI is InChI=1S/C11H21NO/c1-2-3-10-7-11(4-5-13-10)6-9(11)8-12/h9-10H,2-8,12H2,1H3. The van der Waals surface area contributed by atoms with Crippen molar-refractivity contribution < 1.29 is 4.74 Å². The van der Waals surface area contributed by atoms with E-state index in [9.17, 15) is 0 Å². The van der Waals surface area contributed by atoms with Crippen molar-refractivity contribution in [3.63, 3.8) is 0 Å². The molecule has 2 N–H and O–H groups in total. The van der Waals surface area contributed by atoms with Crippen LogP contribution in [0.25, 0.3) is 0 Å². The number of nitrogens with two attached hydrogens (primary N) is 1. The summed E-state index contributed by atoms with van der Waals surface area (Å²) in [5, 5.41) is 0. The van der Waals surface area contributed by atoms with Gasteiger partial charge in [0.25, 0.3) is 0 Å². The molecule has 0 aromatic carbocycles. The molecule has 0 bridgehead atoms. The first kappa shape index (κ1) is 9.47. The molecule has 2 heteroatoms. The van der Waals surface area contributed by atoms with E-state index in [1.807, 2.05) is 0 Å². The summed E-state index contributed by atoms with van der Waals surface area (Å²) in [6, 6.07) is 0. The topological polar surface area (TPSA) is 35.2 Å². The van der Waals surface area contributed by atoms with Gasteiger partial charge in [0.05, 0.1) is 6.10 Å². The molecule has 1 aliphatic heterocycles. The number of rotatable bonds is 3. The Kier molecular flexibility index (Phi) is 2.61. The lowest BCUT2D eigenvalue weighted by molar-refractivity contribution is -0.0244. The Hall–Kier alpha value is -0.0800. The average molecular weight is 183 g/mol. The van der Waals surface area contributed by atoms with Gasteiger partial charge in [-0.1, -0.05) is 13.3 Å². The third-order valence-corrected chi connectivity index (χ3v) is 3.84. The summed E-state index contributed by atoms with van der Waals surface area (Å²) in [6.07, 6.45) is 6.92. The zero-order chi connectivity index (χ0) is 9.31. The highest BCUT2D eigenvalue weighted by molar-refractivity contribution is 5.05. The third kappa shape index (κ3) is 1.75. The quantitative estimate of drug-likeness (QED) is 0.725. The minimum atomic E-state index is 0.537. The van der Waals surface area contributed by atoms with E-state index in [0.29, 0.717) is 11.5 Å². The highest BCUT2D eigenvalue weighted by Crippen LogP contribution is 2.59. The van der Waals surface area contributed by atoms with Crippen molar-refractivity contribution in [2.24, 2.45) is 17.1 Å². The number of hydrogen-bond acceptors (Lipinski definition) is 2. The number of hydrogen-bond donors (Lipinski definition) is 1. The zero-order valence-electron chi connectivity index (χ0n) is 8.59. The maximum atomic E-state index is 5.75. The summed E-state index contributed by atoms with van der Waals surface area (Å²) in [7, 11) is 0. The van der Waals surface area contributed by atoms with Crippen LogP contribution in [-0.2, 0) is 4.74 Å². The fraction of sp³-hybridized carbons (Fsp3) is 1.00. The Labute approximate surface area is 80.8 Å². The van der Waals surface area contributed by atoms with Gasteiger partial charge in [0.1, 0.15) is 0 Å². The van der Waals surface area contributed by atoms with Crippen molar-refractivity contribution in [2.45, 2.75) is 45.1 Å². The van der Waals surface area contributed by atoms with E-state index in [2.05, 4.69) is 6.92 Å². The van der Waals surface area contributed by atoms with Crippen molar-refractivity contribution in [1.82, 2.24) is 0 Å². The molecule has 2 rings (SSSR count). The van der Waals surface area contributed by atoms with Crippen LogP contribution in [0.1, 0.15) is 39.0 Å². The molecule has 0 amide bonds. The first-order chi connectivity index (χ1) is 6.30. The van der Waals surface area contributed by atoms with Gasteiger partial charge in [0, 0.05) is 6.61 Å². The predicted octanol–water partition coefficient (Wildman–Crippen LogP) is 1.93. The van der Waals surface area contributed by atoms with Crippen LogP contribution in [0.3, 0.4) is 0 Å². The Morgan fingerprint density at radius 1 is 1.46 bits per heavy atom. The summed E-state index contributed by atoms with van der Waals surface area (Å²) in [4.78, 5) is 0. The van der Waals surface area contributed by atoms with E-state index in [1.54, 1.807) is 0 Å². The summed E-state index contributed by atoms with van der Waals surface area (Å²) < 4.78 is 5.75. The Bertz CT molecular complexity index is 181. The normalized spacial score (nSPS) is 43.8. The smallest absolute Gasteiger partial charge is 0.0580 e. The molecular formula is C11H21NO. The van der Waals surface area contributed by atoms with Gasteiger partial charge in [0.2, 0.25) is 0 Å². The molecule has 1 saturated heterocycles. The van der Waals surface area contributed by atoms with Crippen molar-refractivity contribution in [3.8, 4) is 0 Å². The molecule has 1 heterocycles. The fourth-order valence-electron chi connectivity index (χ4n) is 2.87. The first-order valence-corrected chi connectivity index (χ1v) is 5.62. The minimum Gasteiger partial charge on any atom is -0.378 e. The highest BCUT2D eigenvalue weighted by Gasteiger charge is 2.54. The molecule has 0 aromatic heterocycles. The molecule has 1 saturated carbocycles. The molecule has 0 aromatic rings. The molecule has 0 radical (unpaired) electrons. The van der Waals surface area contributed by atoms with Crippen LogP contribution in [0.15, 0.2) is 0 Å². The van der Waals surface area contributed by atoms with Crippen LogP contribution in [0.5, 0.6) is 0 Å². The molecule has 1 spiro atoms. The van der Waals surface area contributed by atoms with Gasteiger partial charge in [0.15, 0.2) is 0 Å². The Morgan fingerprint density at radius 2 is 2.31 bits per heavy atom. The van der Waals surface area contributed by atoms with Gasteiger partial charge in [-0.2, -0.15) is 0 Å². The summed E-state index contributed by atoms with van der Waals surface area (Å²) in [6.45, 7) is 4.10. The molecule has 2 aliphatic rings. The molecule has 13 heavy (non-hydrogen) atoms. The lowest BCUT2D eigenvalue weighted by Gasteiger charge is -2.30. The first-order valence-electron chi connectivity index (χ1n) is 5.62. The maximum Gasteiger partial charge on any atom is 0.0580 e. The van der Waals surface area contributed by atoms with Crippen molar-refractivity contribution >= 4 is 0 Å². The lowest BCUT2D eigenvalue weighted by Crippen LogP contribution is -2.28. The predicted molar refractivity (Wildman–Crippen MR) is 53.5 cm³/mol. The lowest BCUT2D eigenvalue weighted by atomic mass is 9.88. The van der Waals surface area contributed by atoms with Crippen LogP contribution in [0.4, 0.5) is 0 Å². The van der Waals surface area contributed by atoms with Gasteiger partial charge < -0.3 is 10.5 Å². The summed E-state index contributed by atoms with van der Waals surface area (Å²) >= 11 is 0. The molecule has 2 fully saturated rings. The van der Waals surface area contributed by atoms with Crippen LogP contribution < -0.4 is 5.73 Å². The Balaban J connectivity index is 1.87. The molecular weight excluding hydrogens is 162 g/mol. The van der Waals surface area contributed by atoms with Crippen LogP contribution in [0, 0.1) is 11.3 Å². The van der Waals surface area contributed by atoms with Crippen molar-refractivity contribution in [3.05, 3.63) is 0 Å². The zero-order valence-corrected chi connectivity index (χ0v) is 8.59. The van der Waals surface area contributed by atoms with E-state index < -0.39 is 0 Å². The second kappa shape index (κ2) is 3.58. The van der Waals surface area contributed by atoms with Gasteiger partial charge >= 0.3 is 0 Å². The molecule has 1 aliphatic carbocycles. The fourth-order valence-corrected chi connectivity index (χ4v) is 2.87. The van der Waals surface area contributed by atoms with Gasteiger partial charge in [-0.3, -0.25) is 0 Å². The van der Waals surface area contributed by atoms with Crippen LogP contribution in [-0.4, -0.2) is 19.3 Å². The Morgan fingerprint density at radius 3 is 2.92 bits per heavy atom. The highest BCUT2D eigenvalue weighted by atomic mass is 16.5. The molecule has 76 valence electrons. The van der Waals surface area contributed by atoms with E-state index in [4.69, 9.17) is 10.5 Å². The molecule has 2 nitrogen and oxygen atoms in total. The van der Waals surface area contributed by atoms with Gasteiger partial charge in [-0.05, 0) is 43.6 Å². The molecule has 3 atom stereocenters. The van der Waals surface area contributed by atoms with Gasteiger partial charge in [-0.25, -0.2) is 0 Å². The SMILES string of the molecule is CCCC1CC2(CCO1)CC2CN. The van der Waals surface area contributed by atoms with E-state index in [0.717, 1.165) is 19.1 Å². The van der Waals surface area contributed by atoms with Crippen LogP contribution >= 0.6 is 0 Å². The van der Waals surface area contributed by atoms with E-state index >= 15 is 0 Å². The van der Waals surface area contributed by atoms with Crippen molar-refractivity contribution in [1.29, 1.82) is 0 Å². The van der Waals surface area contributed by atoms with Gasteiger partial charge in [-0.15, -0.1) is 0 Å². The largest absolute Gasteiger partial charge is 0.378 e. The monoisotopic (exact) mass is 183 g/mol. The average Bonchev–Trinajstić information content (AvgIpc) is 2.79. The van der Waals surface area contributed by atoms with Crippen molar-refractivity contribution in [2.75, 3.05) is 13.2 Å². The second-order valence-electron chi connectivity index (χ2n) is 4.73. The maximum absolute atomic E-state index is 5.75. The summed E-state index contributed by atoms with van der Waals surface area (Å²) in [5.74, 6) is 0.816.